The van der Waals surface area contributed by atoms with Gasteiger partial charge >= 0.3 is 0 Å². The maximum atomic E-state index is 13.3. The monoisotopic (exact) mass is 328 g/mol. The highest BCUT2D eigenvalue weighted by atomic mass is 32.2. The number of hydrogen-bond acceptors (Lipinski definition) is 5. The van der Waals surface area contributed by atoms with E-state index in [2.05, 4.69) is 0 Å². The zero-order valence-corrected chi connectivity index (χ0v) is 12.0. The van der Waals surface area contributed by atoms with Gasteiger partial charge < -0.3 is 4.55 Å². The second-order valence-electron chi connectivity index (χ2n) is 4.07. The van der Waals surface area contributed by atoms with E-state index in [-0.39, 0.29) is 28.1 Å². The zero-order valence-electron chi connectivity index (χ0n) is 10.4. The molecule has 5 nitrogen and oxygen atoms in total. The first kappa shape index (κ1) is 15.6. The lowest BCUT2D eigenvalue weighted by Crippen LogP contribution is -2.05. The Morgan fingerprint density at radius 1 is 1.10 bits per heavy atom. The molecule has 8 heteroatoms. The first-order valence-electron chi connectivity index (χ1n) is 5.56. The van der Waals surface area contributed by atoms with E-state index < -0.39 is 26.6 Å². The summed E-state index contributed by atoms with van der Waals surface area (Å²) in [4.78, 5) is 11.7. The van der Waals surface area contributed by atoms with Crippen LogP contribution in [-0.4, -0.2) is 23.3 Å². The van der Waals surface area contributed by atoms with Crippen molar-refractivity contribution in [2.45, 2.75) is 9.79 Å². The Morgan fingerprint density at radius 3 is 2.38 bits per heavy atom. The van der Waals surface area contributed by atoms with Crippen molar-refractivity contribution in [3.63, 3.8) is 0 Å². The van der Waals surface area contributed by atoms with Gasteiger partial charge in [0.05, 0.1) is 9.79 Å². The molecule has 0 bridgehead atoms. The van der Waals surface area contributed by atoms with Crippen LogP contribution in [0.5, 0.6) is 0 Å². The van der Waals surface area contributed by atoms with E-state index in [0.29, 0.717) is 0 Å². The van der Waals surface area contributed by atoms with Crippen molar-refractivity contribution < 1.29 is 26.7 Å². The van der Waals surface area contributed by atoms with Gasteiger partial charge in [0.25, 0.3) is 10.1 Å². The number of carbonyl (C=O) groups is 1. The third kappa shape index (κ3) is 3.48. The van der Waals surface area contributed by atoms with Gasteiger partial charge in [0.2, 0.25) is 0 Å². The summed E-state index contributed by atoms with van der Waals surface area (Å²) in [5.41, 5.74) is 0.103. The molecule has 0 heterocycles. The van der Waals surface area contributed by atoms with Crippen molar-refractivity contribution in [3.05, 3.63) is 59.4 Å². The summed E-state index contributed by atoms with van der Waals surface area (Å²) in [6, 6.07) is 8.24. The molecule has 0 aromatic heterocycles. The van der Waals surface area contributed by atoms with Crippen molar-refractivity contribution in [1.82, 2.24) is 0 Å². The van der Waals surface area contributed by atoms with Crippen LogP contribution < -0.4 is 0 Å². The molecule has 0 radical (unpaired) electrons. The fraction of sp³-hybridized carbons (Fsp3) is 0. The van der Waals surface area contributed by atoms with Crippen molar-refractivity contribution in [3.8, 4) is 0 Å². The third-order valence-electron chi connectivity index (χ3n) is 2.69. The summed E-state index contributed by atoms with van der Waals surface area (Å²) in [6.45, 7) is 0. The minimum atomic E-state index is -4.42. The van der Waals surface area contributed by atoms with Gasteiger partial charge in [-0.2, -0.15) is 8.42 Å². The van der Waals surface area contributed by atoms with Crippen LogP contribution in [-0.2, 0) is 10.1 Å². The highest BCUT2D eigenvalue weighted by Gasteiger charge is 2.16. The van der Waals surface area contributed by atoms with Gasteiger partial charge in [-0.25, -0.2) is 4.39 Å². The SMILES string of the molecule is O=C(c1cccc(S(=O)(=O)O)c1)c1ccc(F)c(SO)c1. The molecule has 0 fully saturated rings. The molecule has 0 unspecified atom stereocenters. The van der Waals surface area contributed by atoms with Crippen molar-refractivity contribution in [2.75, 3.05) is 0 Å². The van der Waals surface area contributed by atoms with Crippen LogP contribution in [0.4, 0.5) is 4.39 Å². The highest BCUT2D eigenvalue weighted by molar-refractivity contribution is 7.93. The standard InChI is InChI=1S/C13H9FO5S2/c14-11-5-4-9(7-12(11)20-16)13(15)8-2-1-3-10(6-8)21(17,18)19/h1-7,16H,(H,17,18,19). The fourth-order valence-corrected chi connectivity index (χ4v) is 2.54. The summed E-state index contributed by atoms with van der Waals surface area (Å²) in [5.74, 6) is -1.23. The number of carbonyl (C=O) groups excluding carboxylic acids is 1. The third-order valence-corrected chi connectivity index (χ3v) is 4.05. The Kier molecular flexibility index (Phi) is 4.43. The van der Waals surface area contributed by atoms with E-state index in [0.717, 1.165) is 24.3 Å². The predicted octanol–water partition coefficient (Wildman–Crippen LogP) is 2.87. The lowest BCUT2D eigenvalue weighted by Gasteiger charge is -2.05. The van der Waals surface area contributed by atoms with Crippen LogP contribution in [0.25, 0.3) is 0 Å². The Balaban J connectivity index is 2.45. The molecule has 2 rings (SSSR count). The number of ketones is 1. The molecule has 0 spiro atoms. The Hall–Kier alpha value is -1.74. The molecule has 21 heavy (non-hydrogen) atoms. The smallest absolute Gasteiger partial charge is 0.294 e. The van der Waals surface area contributed by atoms with E-state index in [4.69, 9.17) is 9.11 Å². The summed E-state index contributed by atoms with van der Waals surface area (Å²) in [6.07, 6.45) is 0. The molecule has 0 atom stereocenters. The summed E-state index contributed by atoms with van der Waals surface area (Å²) in [7, 11) is -4.42. The van der Waals surface area contributed by atoms with E-state index >= 15 is 0 Å². The lowest BCUT2D eigenvalue weighted by atomic mass is 10.0. The van der Waals surface area contributed by atoms with E-state index in [1.165, 1.54) is 18.2 Å². The maximum Gasteiger partial charge on any atom is 0.294 e. The normalized spacial score (nSPS) is 11.4. The molecule has 0 amide bonds. The second kappa shape index (κ2) is 5.94. The maximum absolute atomic E-state index is 13.3. The molecule has 0 saturated heterocycles. The fourth-order valence-electron chi connectivity index (χ4n) is 1.68. The zero-order chi connectivity index (χ0) is 15.6. The van der Waals surface area contributed by atoms with Crippen molar-refractivity contribution in [2.24, 2.45) is 0 Å². The van der Waals surface area contributed by atoms with Crippen LogP contribution >= 0.6 is 12.0 Å². The van der Waals surface area contributed by atoms with Crippen LogP contribution in [0.3, 0.4) is 0 Å². The van der Waals surface area contributed by atoms with Crippen LogP contribution in [0, 0.1) is 5.82 Å². The number of halogens is 1. The average molecular weight is 328 g/mol. The van der Waals surface area contributed by atoms with Crippen LogP contribution in [0.15, 0.2) is 52.3 Å². The van der Waals surface area contributed by atoms with E-state index in [9.17, 15) is 17.6 Å². The Morgan fingerprint density at radius 2 is 1.76 bits per heavy atom. The van der Waals surface area contributed by atoms with Gasteiger partial charge in [-0.05, 0) is 30.3 Å². The first-order valence-corrected chi connectivity index (χ1v) is 7.77. The summed E-state index contributed by atoms with van der Waals surface area (Å²) >= 11 is 0.166. The van der Waals surface area contributed by atoms with Gasteiger partial charge in [-0.3, -0.25) is 9.35 Å². The predicted molar refractivity (Wildman–Crippen MR) is 74.6 cm³/mol. The molecule has 0 saturated carbocycles. The number of hydrogen-bond donors (Lipinski definition) is 2. The number of benzene rings is 2. The number of rotatable bonds is 4. The average Bonchev–Trinajstić information content (AvgIpc) is 2.46. The molecule has 0 aliphatic rings. The molecule has 0 aliphatic carbocycles. The molecular formula is C13H9FO5S2. The highest BCUT2D eigenvalue weighted by Crippen LogP contribution is 2.22. The van der Waals surface area contributed by atoms with Crippen molar-refractivity contribution >= 4 is 27.9 Å². The minimum absolute atomic E-state index is 0.0191. The molecule has 2 N–H and O–H groups in total. The topological polar surface area (TPSA) is 91.7 Å². The summed E-state index contributed by atoms with van der Waals surface area (Å²) < 4.78 is 53.2. The Bertz CT molecular complexity index is 802. The van der Waals surface area contributed by atoms with Gasteiger partial charge in [-0.15, -0.1) is 0 Å². The first-order chi connectivity index (χ1) is 9.82. The van der Waals surface area contributed by atoms with Crippen LogP contribution in [0.2, 0.25) is 0 Å². The van der Waals surface area contributed by atoms with Gasteiger partial charge in [0.15, 0.2) is 5.78 Å². The molecule has 110 valence electrons. The molecule has 2 aromatic carbocycles. The van der Waals surface area contributed by atoms with Gasteiger partial charge in [0, 0.05) is 23.2 Å². The van der Waals surface area contributed by atoms with Crippen LogP contribution in [0.1, 0.15) is 15.9 Å². The van der Waals surface area contributed by atoms with Gasteiger partial charge in [0.1, 0.15) is 5.82 Å². The largest absolute Gasteiger partial charge is 0.325 e. The lowest BCUT2D eigenvalue weighted by molar-refractivity contribution is 0.103. The Labute approximate surface area is 124 Å². The molecular weight excluding hydrogens is 319 g/mol. The van der Waals surface area contributed by atoms with Crippen molar-refractivity contribution in [1.29, 1.82) is 0 Å². The second-order valence-corrected chi connectivity index (χ2v) is 6.11. The summed E-state index contributed by atoms with van der Waals surface area (Å²) in [5, 5.41) is 0. The minimum Gasteiger partial charge on any atom is -0.325 e. The molecule has 0 aliphatic heterocycles. The van der Waals surface area contributed by atoms with Gasteiger partial charge in [-0.1, -0.05) is 12.1 Å². The quantitative estimate of drug-likeness (QED) is 0.509. The molecule has 2 aromatic rings. The van der Waals surface area contributed by atoms with E-state index in [1.807, 2.05) is 0 Å². The van der Waals surface area contributed by atoms with E-state index in [1.54, 1.807) is 0 Å².